The van der Waals surface area contributed by atoms with Crippen LogP contribution < -0.4 is 11.1 Å². The van der Waals surface area contributed by atoms with Crippen LogP contribution >= 0.6 is 12.2 Å². The lowest BCUT2D eigenvalue weighted by Crippen LogP contribution is -2.19. The van der Waals surface area contributed by atoms with Gasteiger partial charge in [-0.2, -0.15) is 0 Å². The van der Waals surface area contributed by atoms with Crippen molar-refractivity contribution in [2.24, 2.45) is 5.73 Å². The topological polar surface area (TPSA) is 63.8 Å². The fraction of sp³-hybridized carbons (Fsp3) is 0.214. The maximum Gasteiger partial charge on any atom is 0.144 e. The molecular weight excluding hydrogens is 256 g/mol. The lowest BCUT2D eigenvalue weighted by atomic mass is 10.1. The van der Waals surface area contributed by atoms with Crippen LogP contribution in [-0.2, 0) is 6.42 Å². The number of nitrogens with zero attached hydrogens (tertiary/aromatic N) is 2. The first-order valence-electron chi connectivity index (χ1n) is 6.07. The first kappa shape index (κ1) is 13.4. The van der Waals surface area contributed by atoms with Crippen molar-refractivity contribution in [1.82, 2.24) is 9.97 Å². The average molecular weight is 272 g/mol. The minimum absolute atomic E-state index is 0.261. The van der Waals surface area contributed by atoms with Crippen LogP contribution in [-0.4, -0.2) is 21.0 Å². The van der Waals surface area contributed by atoms with Gasteiger partial charge in [-0.25, -0.2) is 9.97 Å². The third-order valence-corrected chi connectivity index (χ3v) is 2.89. The van der Waals surface area contributed by atoms with Gasteiger partial charge in [0.05, 0.1) is 12.4 Å². The molecule has 0 radical (unpaired) electrons. The Labute approximate surface area is 118 Å². The minimum atomic E-state index is 0.261. The number of aromatic nitrogens is 2. The molecule has 2 rings (SSSR count). The Bertz CT molecular complexity index is 539. The highest BCUT2D eigenvalue weighted by Crippen LogP contribution is 2.08. The molecule has 0 saturated heterocycles. The summed E-state index contributed by atoms with van der Waals surface area (Å²) in [6.07, 6.45) is 4.16. The molecule has 19 heavy (non-hydrogen) atoms. The van der Waals surface area contributed by atoms with E-state index >= 15 is 0 Å². The molecule has 3 N–H and O–H groups in total. The molecule has 0 spiro atoms. The van der Waals surface area contributed by atoms with E-state index in [-0.39, 0.29) is 11.0 Å². The number of rotatable bonds is 5. The molecule has 0 fully saturated rings. The Morgan fingerprint density at radius 1 is 1.26 bits per heavy atom. The Kier molecular flexibility index (Phi) is 4.41. The number of benzene rings is 1. The fourth-order valence-corrected chi connectivity index (χ4v) is 1.91. The summed E-state index contributed by atoms with van der Waals surface area (Å²) >= 11 is 4.83. The molecule has 4 nitrogen and oxygen atoms in total. The number of nitrogens with two attached hydrogens (primary N) is 1. The fourth-order valence-electron chi connectivity index (χ4n) is 1.80. The molecule has 98 valence electrons. The first-order chi connectivity index (χ1) is 9.15. The average Bonchev–Trinajstić information content (AvgIpc) is 2.40. The molecule has 1 aromatic carbocycles. The SMILES string of the molecule is CC(Cc1ccccc1)Nc1cnc(C(N)=S)cn1. The molecular formula is C14H16N4S. The van der Waals surface area contributed by atoms with Crippen LogP contribution in [0, 0.1) is 0 Å². The second kappa shape index (κ2) is 6.24. The first-order valence-corrected chi connectivity index (χ1v) is 6.48. The van der Waals surface area contributed by atoms with E-state index in [0.717, 1.165) is 12.2 Å². The molecule has 2 aromatic rings. The summed E-state index contributed by atoms with van der Waals surface area (Å²) < 4.78 is 0. The van der Waals surface area contributed by atoms with Crippen molar-refractivity contribution in [3.63, 3.8) is 0 Å². The number of thiocarbonyl (C=S) groups is 1. The summed E-state index contributed by atoms with van der Waals surface area (Å²) in [5.41, 5.74) is 7.30. The van der Waals surface area contributed by atoms with Gasteiger partial charge in [0, 0.05) is 6.04 Å². The summed E-state index contributed by atoms with van der Waals surface area (Å²) in [6, 6.07) is 10.6. The van der Waals surface area contributed by atoms with Crippen molar-refractivity contribution in [1.29, 1.82) is 0 Å². The summed E-state index contributed by atoms with van der Waals surface area (Å²) in [5, 5.41) is 3.30. The smallest absolute Gasteiger partial charge is 0.144 e. The van der Waals surface area contributed by atoms with Crippen LogP contribution in [0.5, 0.6) is 0 Å². The Balaban J connectivity index is 1.95. The van der Waals surface area contributed by atoms with E-state index in [1.54, 1.807) is 12.4 Å². The molecule has 0 bridgehead atoms. The van der Waals surface area contributed by atoms with Gasteiger partial charge in [0.15, 0.2) is 0 Å². The zero-order chi connectivity index (χ0) is 13.7. The van der Waals surface area contributed by atoms with E-state index < -0.39 is 0 Å². The normalized spacial score (nSPS) is 11.8. The van der Waals surface area contributed by atoms with Gasteiger partial charge in [-0.05, 0) is 18.9 Å². The summed E-state index contributed by atoms with van der Waals surface area (Å²) in [5.74, 6) is 0.725. The maximum atomic E-state index is 5.48. The van der Waals surface area contributed by atoms with Gasteiger partial charge >= 0.3 is 0 Å². The molecule has 1 aromatic heterocycles. The van der Waals surface area contributed by atoms with Gasteiger partial charge in [-0.15, -0.1) is 0 Å². The van der Waals surface area contributed by atoms with Crippen molar-refractivity contribution in [3.8, 4) is 0 Å². The van der Waals surface area contributed by atoms with E-state index in [2.05, 4.69) is 34.3 Å². The molecule has 0 aliphatic rings. The zero-order valence-electron chi connectivity index (χ0n) is 10.7. The number of nitrogens with one attached hydrogen (secondary N) is 1. The Morgan fingerprint density at radius 2 is 2.00 bits per heavy atom. The third-order valence-electron chi connectivity index (χ3n) is 2.68. The standard InChI is InChI=1S/C14H16N4S/c1-10(7-11-5-3-2-4-6-11)18-13-9-16-12(8-17-13)14(15)19/h2-6,8-10H,7H2,1H3,(H2,15,19)(H,17,18). The molecule has 1 atom stereocenters. The number of hydrogen-bond donors (Lipinski definition) is 2. The molecule has 0 amide bonds. The summed E-state index contributed by atoms with van der Waals surface area (Å²) in [6.45, 7) is 2.11. The van der Waals surface area contributed by atoms with Crippen molar-refractivity contribution in [2.75, 3.05) is 5.32 Å². The Hall–Kier alpha value is -2.01. The van der Waals surface area contributed by atoms with Gasteiger partial charge in [0.1, 0.15) is 16.5 Å². The van der Waals surface area contributed by atoms with E-state index in [1.165, 1.54) is 5.56 Å². The highest BCUT2D eigenvalue weighted by molar-refractivity contribution is 7.80. The Morgan fingerprint density at radius 3 is 2.58 bits per heavy atom. The van der Waals surface area contributed by atoms with Crippen molar-refractivity contribution < 1.29 is 0 Å². The molecule has 1 unspecified atom stereocenters. The van der Waals surface area contributed by atoms with Crippen LogP contribution in [0.4, 0.5) is 5.82 Å². The third kappa shape index (κ3) is 3.99. The van der Waals surface area contributed by atoms with Crippen LogP contribution in [0.15, 0.2) is 42.7 Å². The van der Waals surface area contributed by atoms with E-state index in [0.29, 0.717) is 5.69 Å². The number of anilines is 1. The zero-order valence-corrected chi connectivity index (χ0v) is 11.5. The highest BCUT2D eigenvalue weighted by atomic mass is 32.1. The van der Waals surface area contributed by atoms with Crippen molar-refractivity contribution in [3.05, 3.63) is 54.0 Å². The van der Waals surface area contributed by atoms with E-state index in [4.69, 9.17) is 18.0 Å². The van der Waals surface area contributed by atoms with Gasteiger partial charge < -0.3 is 11.1 Å². The molecule has 0 saturated carbocycles. The monoisotopic (exact) mass is 272 g/mol. The predicted molar refractivity (Wildman–Crippen MR) is 81.2 cm³/mol. The predicted octanol–water partition coefficient (Wildman–Crippen LogP) is 2.15. The second-order valence-electron chi connectivity index (χ2n) is 4.39. The van der Waals surface area contributed by atoms with Crippen LogP contribution in [0.3, 0.4) is 0 Å². The molecule has 5 heteroatoms. The second-order valence-corrected chi connectivity index (χ2v) is 4.83. The lowest BCUT2D eigenvalue weighted by molar-refractivity contribution is 0.783. The summed E-state index contributed by atoms with van der Waals surface area (Å²) in [4.78, 5) is 8.65. The van der Waals surface area contributed by atoms with Gasteiger partial charge in [0.2, 0.25) is 0 Å². The number of hydrogen-bond acceptors (Lipinski definition) is 4. The molecule has 0 aliphatic carbocycles. The quantitative estimate of drug-likeness (QED) is 0.817. The minimum Gasteiger partial charge on any atom is -0.388 e. The lowest BCUT2D eigenvalue weighted by Gasteiger charge is -2.14. The van der Waals surface area contributed by atoms with Crippen LogP contribution in [0.25, 0.3) is 0 Å². The highest BCUT2D eigenvalue weighted by Gasteiger charge is 2.05. The molecule has 1 heterocycles. The summed E-state index contributed by atoms with van der Waals surface area (Å²) in [7, 11) is 0. The maximum absolute atomic E-state index is 5.48. The largest absolute Gasteiger partial charge is 0.388 e. The van der Waals surface area contributed by atoms with Crippen molar-refractivity contribution >= 4 is 23.0 Å². The van der Waals surface area contributed by atoms with Gasteiger partial charge in [-0.3, -0.25) is 0 Å². The van der Waals surface area contributed by atoms with E-state index in [9.17, 15) is 0 Å². The van der Waals surface area contributed by atoms with E-state index in [1.807, 2.05) is 18.2 Å². The van der Waals surface area contributed by atoms with Gasteiger partial charge in [-0.1, -0.05) is 42.5 Å². The van der Waals surface area contributed by atoms with Crippen molar-refractivity contribution in [2.45, 2.75) is 19.4 Å². The molecule has 0 aliphatic heterocycles. The van der Waals surface area contributed by atoms with Gasteiger partial charge in [0.25, 0.3) is 0 Å². The van der Waals surface area contributed by atoms with Crippen LogP contribution in [0.1, 0.15) is 18.2 Å². The van der Waals surface area contributed by atoms with Crippen LogP contribution in [0.2, 0.25) is 0 Å².